The summed E-state index contributed by atoms with van der Waals surface area (Å²) in [6.07, 6.45) is 2.34. The normalized spacial score (nSPS) is 16.9. The maximum atomic E-state index is 5.22. The molecule has 1 N–H and O–H groups in total. The summed E-state index contributed by atoms with van der Waals surface area (Å²) in [4.78, 5) is 11.2. The van der Waals surface area contributed by atoms with Crippen LogP contribution in [-0.4, -0.2) is 43.8 Å². The highest BCUT2D eigenvalue weighted by atomic mass is 16.5. The summed E-state index contributed by atoms with van der Waals surface area (Å²) in [5, 5.41) is 3.01. The minimum Gasteiger partial charge on any atom is -0.384 e. The van der Waals surface area contributed by atoms with Gasteiger partial charge in [-0.1, -0.05) is 0 Å². The third-order valence-corrected chi connectivity index (χ3v) is 3.41. The predicted molar refractivity (Wildman–Crippen MR) is 73.1 cm³/mol. The fraction of sp³-hybridized carbons (Fsp3) is 0.692. The summed E-state index contributed by atoms with van der Waals surface area (Å²) in [5.41, 5.74) is 1.00. The number of hydrogen-bond acceptors (Lipinski definition) is 5. The highest BCUT2D eigenvalue weighted by Crippen LogP contribution is 2.23. The van der Waals surface area contributed by atoms with Crippen LogP contribution < -0.4 is 10.2 Å². The second-order valence-electron chi connectivity index (χ2n) is 4.83. The summed E-state index contributed by atoms with van der Waals surface area (Å²) >= 11 is 0. The van der Waals surface area contributed by atoms with Crippen molar-refractivity contribution < 1.29 is 4.74 Å². The average Bonchev–Trinajstić information content (AvgIpc) is 2.39. The summed E-state index contributed by atoms with van der Waals surface area (Å²) in [7, 11) is 3.63. The molecule has 1 aliphatic rings. The second-order valence-corrected chi connectivity index (χ2v) is 4.83. The first-order valence-electron chi connectivity index (χ1n) is 6.50. The molecule has 2 heterocycles. The predicted octanol–water partition coefficient (Wildman–Crippen LogP) is 1.69. The van der Waals surface area contributed by atoms with Gasteiger partial charge in [0.15, 0.2) is 0 Å². The number of hydrogen-bond donors (Lipinski definition) is 1. The Labute approximate surface area is 109 Å². The molecule has 1 aromatic heterocycles. The molecule has 0 aromatic carbocycles. The largest absolute Gasteiger partial charge is 0.384 e. The highest BCUT2D eigenvalue weighted by molar-refractivity contribution is 5.44. The van der Waals surface area contributed by atoms with Gasteiger partial charge in [0.1, 0.15) is 5.82 Å². The van der Waals surface area contributed by atoms with E-state index in [1.165, 1.54) is 12.8 Å². The summed E-state index contributed by atoms with van der Waals surface area (Å²) < 4.78 is 5.22. The van der Waals surface area contributed by atoms with E-state index in [0.717, 1.165) is 31.2 Å². The molecule has 0 aliphatic carbocycles. The molecule has 0 spiro atoms. The van der Waals surface area contributed by atoms with E-state index in [-0.39, 0.29) is 0 Å². The molecule has 0 atom stereocenters. The quantitative estimate of drug-likeness (QED) is 0.881. The number of nitrogens with zero attached hydrogens (tertiary/aromatic N) is 3. The molecule has 100 valence electrons. The number of anilines is 2. The summed E-state index contributed by atoms with van der Waals surface area (Å²) in [6, 6.07) is 2.05. The summed E-state index contributed by atoms with van der Waals surface area (Å²) in [6.45, 7) is 4.98. The molecular weight excluding hydrogens is 228 g/mol. The molecule has 0 amide bonds. The van der Waals surface area contributed by atoms with Crippen LogP contribution in [0.2, 0.25) is 0 Å². The van der Waals surface area contributed by atoms with Crippen LogP contribution in [0.5, 0.6) is 0 Å². The van der Waals surface area contributed by atoms with Gasteiger partial charge in [0.05, 0.1) is 0 Å². The van der Waals surface area contributed by atoms with Gasteiger partial charge in [0.25, 0.3) is 0 Å². The zero-order chi connectivity index (χ0) is 13.0. The lowest BCUT2D eigenvalue weighted by atomic mass is 9.98. The molecule has 1 aromatic rings. The molecule has 18 heavy (non-hydrogen) atoms. The van der Waals surface area contributed by atoms with Crippen LogP contribution in [0.3, 0.4) is 0 Å². The summed E-state index contributed by atoms with van der Waals surface area (Å²) in [5.74, 6) is 2.42. The Kier molecular flexibility index (Phi) is 4.36. The van der Waals surface area contributed by atoms with E-state index in [4.69, 9.17) is 4.74 Å². The molecule has 2 rings (SSSR count). The Morgan fingerprint density at radius 2 is 2.11 bits per heavy atom. The molecule has 1 fully saturated rings. The van der Waals surface area contributed by atoms with Crippen molar-refractivity contribution in [2.45, 2.75) is 19.8 Å². The maximum absolute atomic E-state index is 5.22. The van der Waals surface area contributed by atoms with Gasteiger partial charge in [0, 0.05) is 45.6 Å². The van der Waals surface area contributed by atoms with E-state index < -0.39 is 0 Å². The maximum Gasteiger partial charge on any atom is 0.224 e. The van der Waals surface area contributed by atoms with Crippen LogP contribution in [0, 0.1) is 12.8 Å². The zero-order valence-electron chi connectivity index (χ0n) is 11.4. The fourth-order valence-electron chi connectivity index (χ4n) is 2.39. The van der Waals surface area contributed by atoms with Crippen molar-refractivity contribution in [1.82, 2.24) is 9.97 Å². The van der Waals surface area contributed by atoms with Gasteiger partial charge in [-0.3, -0.25) is 0 Å². The van der Waals surface area contributed by atoms with Crippen molar-refractivity contribution in [3.8, 4) is 0 Å². The number of rotatable bonds is 4. The lowest BCUT2D eigenvalue weighted by Gasteiger charge is -2.32. The Hall–Kier alpha value is -1.36. The van der Waals surface area contributed by atoms with Gasteiger partial charge in [-0.05, 0) is 25.7 Å². The first-order valence-corrected chi connectivity index (χ1v) is 6.50. The van der Waals surface area contributed by atoms with Crippen molar-refractivity contribution >= 4 is 11.8 Å². The van der Waals surface area contributed by atoms with Crippen molar-refractivity contribution in [3.63, 3.8) is 0 Å². The van der Waals surface area contributed by atoms with Crippen molar-refractivity contribution in [1.29, 1.82) is 0 Å². The molecule has 1 saturated heterocycles. The van der Waals surface area contributed by atoms with E-state index in [2.05, 4.69) is 26.3 Å². The molecule has 0 bridgehead atoms. The second kappa shape index (κ2) is 6.00. The highest BCUT2D eigenvalue weighted by Gasteiger charge is 2.20. The number of aromatic nitrogens is 2. The molecule has 5 nitrogen and oxygen atoms in total. The monoisotopic (exact) mass is 250 g/mol. The third-order valence-electron chi connectivity index (χ3n) is 3.41. The zero-order valence-corrected chi connectivity index (χ0v) is 11.4. The molecule has 5 heteroatoms. The lowest BCUT2D eigenvalue weighted by Crippen LogP contribution is -2.35. The van der Waals surface area contributed by atoms with Crippen molar-refractivity contribution in [2.75, 3.05) is 44.1 Å². The van der Waals surface area contributed by atoms with E-state index in [1.807, 2.05) is 14.0 Å². The number of methoxy groups -OCH3 is 1. The van der Waals surface area contributed by atoms with Gasteiger partial charge >= 0.3 is 0 Å². The Bertz CT molecular complexity index is 389. The molecule has 0 saturated carbocycles. The third kappa shape index (κ3) is 3.10. The molecule has 0 radical (unpaired) electrons. The SMILES string of the molecule is CNc1nc(C)cc(N2CCC(COC)CC2)n1. The lowest BCUT2D eigenvalue weighted by molar-refractivity contribution is 0.139. The molecular formula is C13H22N4O. The fourth-order valence-corrected chi connectivity index (χ4v) is 2.39. The van der Waals surface area contributed by atoms with Crippen LogP contribution in [-0.2, 0) is 4.74 Å². The number of aryl methyl sites for hydroxylation is 1. The number of ether oxygens (including phenoxy) is 1. The van der Waals surface area contributed by atoms with Crippen LogP contribution in [0.15, 0.2) is 6.07 Å². The Balaban J connectivity index is 2.02. The molecule has 1 aliphatic heterocycles. The van der Waals surface area contributed by atoms with Crippen LogP contribution in [0.1, 0.15) is 18.5 Å². The van der Waals surface area contributed by atoms with Crippen LogP contribution in [0.4, 0.5) is 11.8 Å². The van der Waals surface area contributed by atoms with Gasteiger partial charge < -0.3 is 15.0 Å². The van der Waals surface area contributed by atoms with Gasteiger partial charge in [-0.2, -0.15) is 4.98 Å². The number of piperidine rings is 1. The minimum atomic E-state index is 0.693. The first kappa shape index (κ1) is 13.1. The van der Waals surface area contributed by atoms with E-state index in [0.29, 0.717) is 11.9 Å². The Morgan fingerprint density at radius 1 is 1.39 bits per heavy atom. The van der Waals surface area contributed by atoms with Gasteiger partial charge in [0.2, 0.25) is 5.95 Å². The smallest absolute Gasteiger partial charge is 0.224 e. The van der Waals surface area contributed by atoms with E-state index in [9.17, 15) is 0 Å². The van der Waals surface area contributed by atoms with Gasteiger partial charge in [-0.15, -0.1) is 0 Å². The Morgan fingerprint density at radius 3 is 2.72 bits per heavy atom. The molecule has 0 unspecified atom stereocenters. The van der Waals surface area contributed by atoms with Crippen molar-refractivity contribution in [3.05, 3.63) is 11.8 Å². The van der Waals surface area contributed by atoms with Crippen LogP contribution in [0.25, 0.3) is 0 Å². The number of nitrogens with one attached hydrogen (secondary N) is 1. The average molecular weight is 250 g/mol. The first-order chi connectivity index (χ1) is 8.72. The standard InChI is InChI=1S/C13H22N4O/c1-10-8-12(16-13(14-2)15-10)17-6-4-11(5-7-17)9-18-3/h8,11H,4-7,9H2,1-3H3,(H,14,15,16). The van der Waals surface area contributed by atoms with E-state index >= 15 is 0 Å². The topological polar surface area (TPSA) is 50.3 Å². The van der Waals surface area contributed by atoms with Gasteiger partial charge in [-0.25, -0.2) is 4.98 Å². The minimum absolute atomic E-state index is 0.693. The van der Waals surface area contributed by atoms with E-state index in [1.54, 1.807) is 7.11 Å². The van der Waals surface area contributed by atoms with Crippen molar-refractivity contribution in [2.24, 2.45) is 5.92 Å². The van der Waals surface area contributed by atoms with Crippen LogP contribution >= 0.6 is 0 Å².